The zero-order valence-electron chi connectivity index (χ0n) is 37.9. The molecule has 0 unspecified atom stereocenters. The first-order valence-electron chi connectivity index (χ1n) is 23.5. The van der Waals surface area contributed by atoms with Gasteiger partial charge in [-0.2, -0.15) is 0 Å². The maximum Gasteiger partial charge on any atom is 0.159 e. The van der Waals surface area contributed by atoms with Crippen molar-refractivity contribution in [1.29, 1.82) is 0 Å². The second kappa shape index (κ2) is 15.8. The minimum Gasteiger partial charge on any atom is -0.453 e. The molecule has 13 rings (SSSR count). The van der Waals surface area contributed by atoms with Crippen LogP contribution >= 0.6 is 0 Å². The largest absolute Gasteiger partial charge is 0.453 e. The fourth-order valence-electron chi connectivity index (χ4n) is 10.9. The van der Waals surface area contributed by atoms with Crippen molar-refractivity contribution < 1.29 is 4.74 Å². The monoisotopic (exact) mass is 870 g/mol. The molecule has 1 aliphatic carbocycles. The van der Waals surface area contributed by atoms with Crippen LogP contribution in [0.15, 0.2) is 243 Å². The first kappa shape index (κ1) is 39.7. The fourth-order valence-corrected chi connectivity index (χ4v) is 10.9. The van der Waals surface area contributed by atoms with E-state index < -0.39 is 0 Å². The summed E-state index contributed by atoms with van der Waals surface area (Å²) in [5.41, 5.74) is 18.3. The average Bonchev–Trinajstić information content (AvgIpc) is 3.63. The highest BCUT2D eigenvalue weighted by Crippen LogP contribution is 2.56. The molecule has 2 aliphatic rings. The van der Waals surface area contributed by atoms with Gasteiger partial charge < -0.3 is 14.5 Å². The van der Waals surface area contributed by atoms with Crippen LogP contribution in [-0.4, -0.2) is 0 Å². The standard InChI is InChI=1S/C65H46N2O/c1-65(2)58-30-15-14-27-54(58)57-42-51(37-39-59(57)65)67(50-35-32-44(33-36-50)43-18-6-3-7-19-43)61-41-47(40-46-20-12-13-26-52(46)61)53-38-34-45-21-16-28-55-56-29-17-31-60(63(56)68-64(53)62(45)55)66(48-22-8-4-9-23-48)49-24-10-5-11-25-49/h3-42H,1-2H3. The number of ether oxygens (including phenoxy) is 1. The van der Waals surface area contributed by atoms with Gasteiger partial charge in [-0.3, -0.25) is 0 Å². The second-order valence-electron chi connectivity index (χ2n) is 18.5. The summed E-state index contributed by atoms with van der Waals surface area (Å²) in [7, 11) is 0. The van der Waals surface area contributed by atoms with Gasteiger partial charge in [0.05, 0.1) is 11.4 Å². The van der Waals surface area contributed by atoms with Crippen molar-refractivity contribution >= 4 is 55.7 Å². The van der Waals surface area contributed by atoms with E-state index in [9.17, 15) is 0 Å². The van der Waals surface area contributed by atoms with Crippen molar-refractivity contribution in [3.8, 4) is 56.0 Å². The molecule has 3 heteroatoms. The molecule has 0 saturated heterocycles. The number of nitrogens with zero attached hydrogens (tertiary/aromatic N) is 2. The highest BCUT2D eigenvalue weighted by atomic mass is 16.5. The molecule has 0 fully saturated rings. The van der Waals surface area contributed by atoms with E-state index in [4.69, 9.17) is 4.74 Å². The van der Waals surface area contributed by atoms with Gasteiger partial charge in [0.1, 0.15) is 5.75 Å². The molecule has 68 heavy (non-hydrogen) atoms. The van der Waals surface area contributed by atoms with Gasteiger partial charge in [-0.1, -0.05) is 184 Å². The molecule has 0 amide bonds. The maximum atomic E-state index is 7.47. The lowest BCUT2D eigenvalue weighted by atomic mass is 9.82. The Kier molecular flexibility index (Phi) is 9.19. The number of para-hydroxylation sites is 3. The van der Waals surface area contributed by atoms with Crippen molar-refractivity contribution in [3.63, 3.8) is 0 Å². The number of rotatable bonds is 8. The summed E-state index contributed by atoms with van der Waals surface area (Å²) in [5, 5.41) is 4.57. The van der Waals surface area contributed by atoms with Gasteiger partial charge in [-0.05, 0) is 128 Å². The van der Waals surface area contributed by atoms with E-state index in [1.54, 1.807) is 0 Å². The van der Waals surface area contributed by atoms with Crippen LogP contribution < -0.4 is 14.5 Å². The predicted octanol–water partition coefficient (Wildman–Crippen LogP) is 18.3. The summed E-state index contributed by atoms with van der Waals surface area (Å²) in [4.78, 5) is 4.76. The number of anilines is 6. The second-order valence-corrected chi connectivity index (χ2v) is 18.5. The van der Waals surface area contributed by atoms with Crippen LogP contribution in [0, 0.1) is 0 Å². The highest BCUT2D eigenvalue weighted by Gasteiger charge is 2.36. The third kappa shape index (κ3) is 6.35. The fraction of sp³-hybridized carbons (Fsp3) is 0.0462. The molecule has 0 aromatic heterocycles. The minimum atomic E-state index is -0.104. The Bertz CT molecular complexity index is 3690. The summed E-state index contributed by atoms with van der Waals surface area (Å²) >= 11 is 0. The third-order valence-corrected chi connectivity index (χ3v) is 14.2. The van der Waals surface area contributed by atoms with Crippen molar-refractivity contribution in [2.45, 2.75) is 19.3 Å². The lowest BCUT2D eigenvalue weighted by molar-refractivity contribution is 0.490. The average molecular weight is 871 g/mol. The lowest BCUT2D eigenvalue weighted by Gasteiger charge is -2.31. The summed E-state index contributed by atoms with van der Waals surface area (Å²) in [6.45, 7) is 4.69. The van der Waals surface area contributed by atoms with Gasteiger partial charge >= 0.3 is 0 Å². The minimum absolute atomic E-state index is 0.104. The molecular formula is C65H46N2O. The Morgan fingerprint density at radius 2 is 0.897 bits per heavy atom. The Morgan fingerprint density at radius 1 is 0.324 bits per heavy atom. The zero-order chi connectivity index (χ0) is 45.3. The van der Waals surface area contributed by atoms with Gasteiger partial charge in [0.2, 0.25) is 0 Å². The molecular weight excluding hydrogens is 825 g/mol. The topological polar surface area (TPSA) is 15.7 Å². The summed E-state index contributed by atoms with van der Waals surface area (Å²) < 4.78 is 7.47. The molecule has 1 heterocycles. The van der Waals surface area contributed by atoms with Gasteiger partial charge in [-0.15, -0.1) is 0 Å². The first-order valence-corrected chi connectivity index (χ1v) is 23.5. The Morgan fingerprint density at radius 3 is 1.68 bits per heavy atom. The van der Waals surface area contributed by atoms with Crippen LogP contribution in [0.3, 0.4) is 0 Å². The van der Waals surface area contributed by atoms with Crippen molar-refractivity contribution in [2.75, 3.05) is 9.80 Å². The van der Waals surface area contributed by atoms with E-state index in [2.05, 4.69) is 266 Å². The molecule has 11 aromatic rings. The van der Waals surface area contributed by atoms with E-state index in [1.165, 1.54) is 33.4 Å². The highest BCUT2D eigenvalue weighted by molar-refractivity contribution is 6.10. The number of benzene rings is 11. The quantitative estimate of drug-likeness (QED) is 0.151. The molecule has 0 saturated carbocycles. The van der Waals surface area contributed by atoms with Gasteiger partial charge in [0, 0.05) is 50.1 Å². The van der Waals surface area contributed by atoms with E-state index >= 15 is 0 Å². The molecule has 0 spiro atoms. The van der Waals surface area contributed by atoms with E-state index in [0.717, 1.165) is 89.4 Å². The SMILES string of the molecule is CC1(C)c2ccccc2-c2cc(N(c3ccc(-c4ccccc4)cc3)c3cc(-c4ccc5cccc6c5c4Oc4c-6cccc4N(c4ccccc4)c4ccccc4)cc4ccccc34)ccc21. The van der Waals surface area contributed by atoms with Crippen LogP contribution in [0.1, 0.15) is 25.0 Å². The van der Waals surface area contributed by atoms with Crippen LogP contribution in [0.5, 0.6) is 11.5 Å². The van der Waals surface area contributed by atoms with Crippen LogP contribution in [-0.2, 0) is 5.41 Å². The normalized spacial score (nSPS) is 12.8. The Hall–Kier alpha value is -8.66. The van der Waals surface area contributed by atoms with E-state index in [0.29, 0.717) is 0 Å². The van der Waals surface area contributed by atoms with Gasteiger partial charge in [0.25, 0.3) is 0 Å². The molecule has 0 N–H and O–H groups in total. The number of hydrogen-bond acceptors (Lipinski definition) is 3. The molecule has 3 nitrogen and oxygen atoms in total. The lowest BCUT2D eigenvalue weighted by Crippen LogP contribution is -2.15. The zero-order valence-corrected chi connectivity index (χ0v) is 37.9. The molecule has 0 radical (unpaired) electrons. The van der Waals surface area contributed by atoms with Gasteiger partial charge in [-0.25, -0.2) is 0 Å². The number of fused-ring (bicyclic) bond motifs is 6. The maximum absolute atomic E-state index is 7.47. The van der Waals surface area contributed by atoms with Crippen LogP contribution in [0.25, 0.3) is 66.1 Å². The first-order chi connectivity index (χ1) is 33.5. The molecule has 322 valence electrons. The molecule has 0 atom stereocenters. The molecule has 1 aliphatic heterocycles. The number of hydrogen-bond donors (Lipinski definition) is 0. The van der Waals surface area contributed by atoms with E-state index in [-0.39, 0.29) is 5.41 Å². The summed E-state index contributed by atoms with van der Waals surface area (Å²) in [6, 6.07) is 88.0. The molecule has 11 aromatic carbocycles. The van der Waals surface area contributed by atoms with Crippen molar-refractivity contribution in [3.05, 3.63) is 254 Å². The smallest absolute Gasteiger partial charge is 0.159 e. The predicted molar refractivity (Wildman–Crippen MR) is 285 cm³/mol. The van der Waals surface area contributed by atoms with Crippen LogP contribution in [0.4, 0.5) is 34.1 Å². The van der Waals surface area contributed by atoms with Gasteiger partial charge in [0.15, 0.2) is 5.75 Å². The van der Waals surface area contributed by atoms with Crippen LogP contribution in [0.2, 0.25) is 0 Å². The molecule has 0 bridgehead atoms. The summed E-state index contributed by atoms with van der Waals surface area (Å²) in [5.74, 6) is 1.69. The van der Waals surface area contributed by atoms with Crippen molar-refractivity contribution in [1.82, 2.24) is 0 Å². The van der Waals surface area contributed by atoms with E-state index in [1.807, 2.05) is 0 Å². The Balaban J connectivity index is 1.02. The third-order valence-electron chi connectivity index (χ3n) is 14.2. The summed E-state index contributed by atoms with van der Waals surface area (Å²) in [6.07, 6.45) is 0. The van der Waals surface area contributed by atoms with Crippen molar-refractivity contribution in [2.24, 2.45) is 0 Å². The Labute approximate surface area is 397 Å².